The van der Waals surface area contributed by atoms with Crippen molar-refractivity contribution >= 4 is 62.1 Å². The lowest BCUT2D eigenvalue weighted by Crippen LogP contribution is -2.20. The van der Waals surface area contributed by atoms with Gasteiger partial charge >= 0.3 is 0 Å². The number of primary amides is 1. The van der Waals surface area contributed by atoms with E-state index < -0.39 is 5.91 Å². The molecule has 0 bridgehead atoms. The fourth-order valence-electron chi connectivity index (χ4n) is 3.47. The highest BCUT2D eigenvalue weighted by Crippen LogP contribution is 2.39. The summed E-state index contributed by atoms with van der Waals surface area (Å²) in [6.45, 7) is 4.23. The Morgan fingerprint density at radius 3 is 2.74 bits per heavy atom. The molecule has 0 saturated carbocycles. The van der Waals surface area contributed by atoms with Crippen LogP contribution in [0.15, 0.2) is 28.6 Å². The minimum atomic E-state index is -0.481. The van der Waals surface area contributed by atoms with Gasteiger partial charge in [-0.2, -0.15) is 0 Å². The highest BCUT2D eigenvalue weighted by Gasteiger charge is 2.27. The molecule has 1 aromatic carbocycles. The smallest absolute Gasteiger partial charge is 0.251 e. The number of thiophene rings is 1. The number of thioether (sulfide) groups is 1. The van der Waals surface area contributed by atoms with Crippen LogP contribution in [0.4, 0.5) is 15.8 Å². The maximum absolute atomic E-state index is 12.5. The fraction of sp³-hybridized carbons (Fsp3) is 0.333. The van der Waals surface area contributed by atoms with E-state index in [0.717, 1.165) is 35.4 Å². The molecule has 2 amide bonds. The van der Waals surface area contributed by atoms with E-state index in [9.17, 15) is 9.59 Å². The van der Waals surface area contributed by atoms with Gasteiger partial charge in [-0.15, -0.1) is 21.5 Å². The highest BCUT2D eigenvalue weighted by atomic mass is 32.2. The van der Waals surface area contributed by atoms with Crippen LogP contribution in [0.1, 0.15) is 39.7 Å². The molecule has 1 aliphatic carbocycles. The van der Waals surface area contributed by atoms with Crippen molar-refractivity contribution in [1.29, 1.82) is 0 Å². The van der Waals surface area contributed by atoms with Crippen molar-refractivity contribution < 1.29 is 9.59 Å². The van der Waals surface area contributed by atoms with Gasteiger partial charge in [0.25, 0.3) is 5.91 Å². The van der Waals surface area contributed by atoms with E-state index in [0.29, 0.717) is 26.0 Å². The Hall–Kier alpha value is -2.43. The first kappa shape index (κ1) is 21.8. The molecule has 1 atom stereocenters. The molecular weight excluding hydrogens is 450 g/mol. The number of carbonyl (C=O) groups is 2. The number of nitrogens with zero attached hydrogens (tertiary/aromatic N) is 2. The number of aromatic nitrogens is 2. The fourth-order valence-corrected chi connectivity index (χ4v) is 6.47. The summed E-state index contributed by atoms with van der Waals surface area (Å²) in [6.07, 6.45) is 2.78. The third kappa shape index (κ3) is 5.25. The van der Waals surface area contributed by atoms with Crippen LogP contribution in [-0.4, -0.2) is 27.8 Å². The van der Waals surface area contributed by atoms with E-state index in [1.54, 1.807) is 0 Å². The minimum Gasteiger partial charge on any atom is -0.365 e. The molecule has 31 heavy (non-hydrogen) atoms. The van der Waals surface area contributed by atoms with Crippen molar-refractivity contribution in [3.63, 3.8) is 0 Å². The van der Waals surface area contributed by atoms with Crippen molar-refractivity contribution in [2.75, 3.05) is 16.4 Å². The van der Waals surface area contributed by atoms with Crippen LogP contribution in [0.3, 0.4) is 0 Å². The molecule has 0 spiro atoms. The number of nitrogens with one attached hydrogen (secondary N) is 2. The van der Waals surface area contributed by atoms with Gasteiger partial charge in [0.2, 0.25) is 11.0 Å². The van der Waals surface area contributed by atoms with Crippen LogP contribution < -0.4 is 16.4 Å². The zero-order valence-electron chi connectivity index (χ0n) is 17.2. The standard InChI is InChI=1S/C21H23N5O2S3/c1-11-3-6-13(7-4-11)23-20-25-26-21(31-20)29-10-16(27)24-19-17(18(22)28)14-8-5-12(2)9-15(14)30-19/h3-4,6-7,12H,5,8-10H2,1-2H3,(H2,22,28)(H,23,25)(H,24,27). The van der Waals surface area contributed by atoms with Crippen molar-refractivity contribution in [3.8, 4) is 0 Å². The zero-order chi connectivity index (χ0) is 22.0. The van der Waals surface area contributed by atoms with Gasteiger partial charge in [0.1, 0.15) is 5.00 Å². The van der Waals surface area contributed by atoms with E-state index in [-0.39, 0.29) is 11.7 Å². The third-order valence-electron chi connectivity index (χ3n) is 5.05. The second-order valence-electron chi connectivity index (χ2n) is 7.62. The van der Waals surface area contributed by atoms with Crippen LogP contribution in [-0.2, 0) is 17.6 Å². The van der Waals surface area contributed by atoms with E-state index in [1.807, 2.05) is 31.2 Å². The minimum absolute atomic E-state index is 0.177. The second-order valence-corrected chi connectivity index (χ2v) is 10.9. The molecule has 10 heteroatoms. The predicted octanol–water partition coefficient (Wildman–Crippen LogP) is 4.61. The molecule has 162 valence electrons. The first-order chi connectivity index (χ1) is 14.9. The Labute approximate surface area is 192 Å². The van der Waals surface area contributed by atoms with E-state index >= 15 is 0 Å². The molecule has 0 radical (unpaired) electrons. The molecule has 4 N–H and O–H groups in total. The maximum atomic E-state index is 12.5. The summed E-state index contributed by atoms with van der Waals surface area (Å²) in [6, 6.07) is 8.00. The molecule has 7 nitrogen and oxygen atoms in total. The summed E-state index contributed by atoms with van der Waals surface area (Å²) in [4.78, 5) is 25.7. The number of carbonyl (C=O) groups excluding carboxylic acids is 2. The SMILES string of the molecule is Cc1ccc(Nc2nnc(SCC(=O)Nc3sc4c(c3C(N)=O)CCC(C)C4)s2)cc1. The number of aryl methyl sites for hydroxylation is 1. The number of benzene rings is 1. The lowest BCUT2D eigenvalue weighted by atomic mass is 9.88. The Morgan fingerprint density at radius 2 is 2.00 bits per heavy atom. The van der Waals surface area contributed by atoms with Crippen LogP contribution in [0.5, 0.6) is 0 Å². The van der Waals surface area contributed by atoms with Gasteiger partial charge < -0.3 is 16.4 Å². The normalized spacial score (nSPS) is 15.4. The van der Waals surface area contributed by atoms with Crippen LogP contribution in [0.25, 0.3) is 0 Å². The molecule has 1 aliphatic rings. The quantitative estimate of drug-likeness (QED) is 0.432. The predicted molar refractivity (Wildman–Crippen MR) is 128 cm³/mol. The van der Waals surface area contributed by atoms with Crippen molar-refractivity contribution in [2.24, 2.45) is 11.7 Å². The van der Waals surface area contributed by atoms with E-state index in [2.05, 4.69) is 27.8 Å². The molecule has 0 aliphatic heterocycles. The van der Waals surface area contributed by atoms with Crippen molar-refractivity contribution in [1.82, 2.24) is 10.2 Å². The first-order valence-corrected chi connectivity index (χ1v) is 12.5. The first-order valence-electron chi connectivity index (χ1n) is 9.93. The lowest BCUT2D eigenvalue weighted by molar-refractivity contribution is -0.113. The second kappa shape index (κ2) is 9.37. The summed E-state index contributed by atoms with van der Waals surface area (Å²) < 4.78 is 0.694. The van der Waals surface area contributed by atoms with Crippen LogP contribution >= 0.6 is 34.4 Å². The number of amides is 2. The monoisotopic (exact) mass is 473 g/mol. The Kier molecular flexibility index (Phi) is 6.59. The molecule has 0 fully saturated rings. The van der Waals surface area contributed by atoms with Crippen molar-refractivity contribution in [3.05, 3.63) is 45.8 Å². The molecule has 2 heterocycles. The van der Waals surface area contributed by atoms with Crippen LogP contribution in [0.2, 0.25) is 0 Å². The topological polar surface area (TPSA) is 110 Å². The van der Waals surface area contributed by atoms with Gasteiger partial charge in [0.05, 0.1) is 11.3 Å². The highest BCUT2D eigenvalue weighted by molar-refractivity contribution is 8.01. The number of hydrogen-bond acceptors (Lipinski definition) is 8. The summed E-state index contributed by atoms with van der Waals surface area (Å²) in [5.41, 5.74) is 9.23. The van der Waals surface area contributed by atoms with E-state index in [1.165, 1.54) is 40.0 Å². The maximum Gasteiger partial charge on any atom is 0.251 e. The summed E-state index contributed by atoms with van der Waals surface area (Å²) in [5, 5.41) is 15.6. The summed E-state index contributed by atoms with van der Waals surface area (Å²) in [5.74, 6) is 0.0792. The van der Waals surface area contributed by atoms with Gasteiger partial charge in [-0.3, -0.25) is 9.59 Å². The number of rotatable bonds is 7. The average Bonchev–Trinajstić information content (AvgIpc) is 3.31. The van der Waals surface area contributed by atoms with Gasteiger partial charge in [-0.25, -0.2) is 0 Å². The summed E-state index contributed by atoms with van der Waals surface area (Å²) >= 11 is 4.17. The van der Waals surface area contributed by atoms with E-state index in [4.69, 9.17) is 5.73 Å². The Balaban J connectivity index is 1.36. The molecule has 1 unspecified atom stereocenters. The zero-order valence-corrected chi connectivity index (χ0v) is 19.7. The molecule has 4 rings (SSSR count). The van der Waals surface area contributed by atoms with Gasteiger partial charge in [-0.05, 0) is 49.8 Å². The molecule has 2 aromatic heterocycles. The molecule has 3 aromatic rings. The molecule has 0 saturated heterocycles. The van der Waals surface area contributed by atoms with Gasteiger partial charge in [0.15, 0.2) is 4.34 Å². The Morgan fingerprint density at radius 1 is 1.23 bits per heavy atom. The van der Waals surface area contributed by atoms with Crippen molar-refractivity contribution in [2.45, 2.75) is 37.4 Å². The molecular formula is C21H23N5O2S3. The largest absolute Gasteiger partial charge is 0.365 e. The van der Waals surface area contributed by atoms with Gasteiger partial charge in [0, 0.05) is 10.6 Å². The average molecular weight is 474 g/mol. The third-order valence-corrected chi connectivity index (χ3v) is 8.19. The number of anilines is 3. The lowest BCUT2D eigenvalue weighted by Gasteiger charge is -2.18. The Bertz CT molecular complexity index is 1110. The summed E-state index contributed by atoms with van der Waals surface area (Å²) in [7, 11) is 0. The van der Waals surface area contributed by atoms with Gasteiger partial charge in [-0.1, -0.05) is 47.7 Å². The number of nitrogens with two attached hydrogens (primary N) is 1. The number of fused-ring (bicyclic) bond motifs is 1. The van der Waals surface area contributed by atoms with Crippen LogP contribution in [0, 0.1) is 12.8 Å². The number of hydrogen-bond donors (Lipinski definition) is 3.